The number of alkyl halides is 1. The van der Waals surface area contributed by atoms with E-state index in [-0.39, 0.29) is 23.8 Å². The number of imide groups is 1. The first-order valence-corrected chi connectivity index (χ1v) is 11.4. The molecule has 8 heteroatoms. The third-order valence-electron chi connectivity index (χ3n) is 6.65. The Kier molecular flexibility index (Phi) is 4.67. The molecule has 3 heterocycles. The molecule has 0 unspecified atom stereocenters. The Morgan fingerprint density at radius 3 is 2.42 bits per heavy atom. The van der Waals surface area contributed by atoms with Gasteiger partial charge in [0.2, 0.25) is 11.8 Å². The van der Waals surface area contributed by atoms with Crippen molar-refractivity contribution >= 4 is 45.0 Å². The molecule has 1 spiro atoms. The molecule has 7 nitrogen and oxygen atoms in total. The highest BCUT2D eigenvalue weighted by atomic mass is 79.9. The van der Waals surface area contributed by atoms with Crippen LogP contribution in [0.25, 0.3) is 0 Å². The van der Waals surface area contributed by atoms with E-state index >= 15 is 0 Å². The van der Waals surface area contributed by atoms with Crippen molar-refractivity contribution in [3.05, 3.63) is 54.1 Å². The molecule has 3 aliphatic rings. The summed E-state index contributed by atoms with van der Waals surface area (Å²) in [6.45, 7) is 2.34. The van der Waals surface area contributed by atoms with Crippen LogP contribution in [-0.4, -0.2) is 42.7 Å². The van der Waals surface area contributed by atoms with Gasteiger partial charge < -0.3 is 9.64 Å². The highest BCUT2D eigenvalue weighted by Crippen LogP contribution is 2.55. The number of nitrogens with zero attached hydrogens (tertiary/aromatic N) is 2. The van der Waals surface area contributed by atoms with Crippen molar-refractivity contribution in [2.45, 2.75) is 18.5 Å². The third-order valence-corrected chi connectivity index (χ3v) is 7.00. The fourth-order valence-electron chi connectivity index (χ4n) is 5.47. The molecular weight excluding hydrogens is 462 g/mol. The van der Waals surface area contributed by atoms with Crippen LogP contribution in [0.2, 0.25) is 0 Å². The Balaban J connectivity index is 1.67. The SMILES string of the molecule is COc1ccccc1N1C(=O)[C@@H]2[C@@H](C1=O)[C@]1(N[C@@H]2C)C(=O)N(CCBr)c2ccccc21. The lowest BCUT2D eigenvalue weighted by molar-refractivity contribution is -0.132. The van der Waals surface area contributed by atoms with Gasteiger partial charge in [0.05, 0.1) is 24.6 Å². The second kappa shape index (κ2) is 7.17. The van der Waals surface area contributed by atoms with Crippen LogP contribution < -0.4 is 19.9 Å². The summed E-state index contributed by atoms with van der Waals surface area (Å²) in [5.74, 6) is -1.89. The van der Waals surface area contributed by atoms with Crippen molar-refractivity contribution in [2.24, 2.45) is 11.8 Å². The average molecular weight is 484 g/mol. The second-order valence-electron chi connectivity index (χ2n) is 8.09. The minimum atomic E-state index is -1.26. The number of fused-ring (bicyclic) bond motifs is 4. The van der Waals surface area contributed by atoms with Crippen LogP contribution in [-0.2, 0) is 19.9 Å². The summed E-state index contributed by atoms with van der Waals surface area (Å²) in [6, 6.07) is 14.1. The Morgan fingerprint density at radius 1 is 1.03 bits per heavy atom. The van der Waals surface area contributed by atoms with Crippen LogP contribution in [0.3, 0.4) is 0 Å². The van der Waals surface area contributed by atoms with Crippen molar-refractivity contribution in [2.75, 3.05) is 28.8 Å². The van der Waals surface area contributed by atoms with Gasteiger partial charge in [0.15, 0.2) is 0 Å². The van der Waals surface area contributed by atoms with E-state index in [2.05, 4.69) is 21.2 Å². The van der Waals surface area contributed by atoms with Crippen LogP contribution in [0.1, 0.15) is 12.5 Å². The number of nitrogens with one attached hydrogen (secondary N) is 1. The molecule has 3 aliphatic heterocycles. The monoisotopic (exact) mass is 483 g/mol. The number of hydrogen-bond donors (Lipinski definition) is 1. The van der Waals surface area contributed by atoms with Gasteiger partial charge in [-0.15, -0.1) is 0 Å². The molecule has 2 saturated heterocycles. The highest BCUT2D eigenvalue weighted by molar-refractivity contribution is 9.09. The number of methoxy groups -OCH3 is 1. The number of carbonyl (C=O) groups is 3. The summed E-state index contributed by atoms with van der Waals surface area (Å²) in [6.07, 6.45) is 0. The minimum absolute atomic E-state index is 0.185. The first kappa shape index (κ1) is 20.2. The summed E-state index contributed by atoms with van der Waals surface area (Å²) in [5, 5.41) is 3.99. The Hall–Kier alpha value is -2.71. The van der Waals surface area contributed by atoms with Gasteiger partial charge in [0.25, 0.3) is 5.91 Å². The molecule has 3 amide bonds. The highest BCUT2D eigenvalue weighted by Gasteiger charge is 2.71. The quantitative estimate of drug-likeness (QED) is 0.533. The number of para-hydroxylation sites is 3. The van der Waals surface area contributed by atoms with Gasteiger partial charge in [0.1, 0.15) is 11.3 Å². The third kappa shape index (κ3) is 2.52. The van der Waals surface area contributed by atoms with Gasteiger partial charge in [-0.1, -0.05) is 46.3 Å². The molecule has 160 valence electrons. The topological polar surface area (TPSA) is 79.0 Å². The van der Waals surface area contributed by atoms with Crippen molar-refractivity contribution in [3.8, 4) is 5.75 Å². The standard InChI is InChI=1S/C23H22BrN3O4/c1-13-18-19(21(29)27(20(18)28)16-9-5-6-10-17(16)31-2)23(25-13)14-7-3-4-8-15(14)26(12-11-24)22(23)30/h3-10,13,18-19,25H,11-12H2,1-2H3/t13-,18+,19+,23+/m1/s1. The number of benzene rings is 2. The summed E-state index contributed by atoms with van der Waals surface area (Å²) in [5.41, 5.74) is 0.686. The molecule has 0 aromatic heterocycles. The zero-order chi connectivity index (χ0) is 21.9. The molecule has 0 bridgehead atoms. The van der Waals surface area contributed by atoms with Crippen LogP contribution in [0, 0.1) is 11.8 Å². The second-order valence-corrected chi connectivity index (χ2v) is 8.88. The summed E-state index contributed by atoms with van der Waals surface area (Å²) in [4.78, 5) is 44.1. The zero-order valence-electron chi connectivity index (χ0n) is 17.2. The minimum Gasteiger partial charge on any atom is -0.495 e. The summed E-state index contributed by atoms with van der Waals surface area (Å²) in [7, 11) is 1.51. The van der Waals surface area contributed by atoms with Crippen molar-refractivity contribution < 1.29 is 19.1 Å². The van der Waals surface area contributed by atoms with Crippen molar-refractivity contribution in [3.63, 3.8) is 0 Å². The van der Waals surface area contributed by atoms with Crippen molar-refractivity contribution in [1.82, 2.24) is 5.32 Å². The van der Waals surface area contributed by atoms with Gasteiger partial charge in [-0.25, -0.2) is 4.90 Å². The van der Waals surface area contributed by atoms with Gasteiger partial charge in [-0.3, -0.25) is 19.7 Å². The lowest BCUT2D eigenvalue weighted by Crippen LogP contribution is -2.55. The lowest BCUT2D eigenvalue weighted by atomic mass is 9.76. The Bertz CT molecular complexity index is 1110. The molecule has 1 N–H and O–H groups in total. The van der Waals surface area contributed by atoms with E-state index in [4.69, 9.17) is 4.74 Å². The molecule has 2 fully saturated rings. The molecule has 5 rings (SSSR count). The average Bonchev–Trinajstić information content (AvgIpc) is 3.32. The van der Waals surface area contributed by atoms with Crippen molar-refractivity contribution in [1.29, 1.82) is 0 Å². The molecule has 2 aromatic carbocycles. The number of carbonyl (C=O) groups excluding carboxylic acids is 3. The molecule has 0 radical (unpaired) electrons. The van der Waals surface area contributed by atoms with Gasteiger partial charge >= 0.3 is 0 Å². The molecule has 31 heavy (non-hydrogen) atoms. The number of rotatable bonds is 4. The Morgan fingerprint density at radius 2 is 1.71 bits per heavy atom. The van der Waals surface area contributed by atoms with E-state index in [0.717, 1.165) is 11.3 Å². The fraction of sp³-hybridized carbons (Fsp3) is 0.348. The van der Waals surface area contributed by atoms with E-state index in [1.54, 1.807) is 29.2 Å². The number of ether oxygens (including phenoxy) is 1. The predicted octanol–water partition coefficient (Wildman–Crippen LogP) is 2.43. The van der Waals surface area contributed by atoms with Gasteiger partial charge in [-0.2, -0.15) is 0 Å². The Labute approximate surface area is 188 Å². The van der Waals surface area contributed by atoms with E-state index in [1.165, 1.54) is 12.0 Å². The molecule has 4 atom stereocenters. The van der Waals surface area contributed by atoms with Crippen LogP contribution >= 0.6 is 15.9 Å². The molecule has 0 aliphatic carbocycles. The first-order chi connectivity index (χ1) is 15.0. The lowest BCUT2D eigenvalue weighted by Gasteiger charge is -2.30. The van der Waals surface area contributed by atoms with Crippen LogP contribution in [0.15, 0.2) is 48.5 Å². The van der Waals surface area contributed by atoms with Crippen LogP contribution in [0.5, 0.6) is 5.75 Å². The zero-order valence-corrected chi connectivity index (χ0v) is 18.8. The first-order valence-electron chi connectivity index (χ1n) is 10.2. The molecular formula is C23H22BrN3O4. The van der Waals surface area contributed by atoms with E-state index in [1.807, 2.05) is 31.2 Å². The molecule has 2 aromatic rings. The van der Waals surface area contributed by atoms with E-state index in [9.17, 15) is 14.4 Å². The van der Waals surface area contributed by atoms with Gasteiger partial charge in [-0.05, 0) is 25.1 Å². The van der Waals surface area contributed by atoms with Gasteiger partial charge in [0, 0.05) is 29.2 Å². The fourth-order valence-corrected chi connectivity index (χ4v) is 5.82. The maximum atomic E-state index is 13.8. The summed E-state index contributed by atoms with van der Waals surface area (Å²) < 4.78 is 5.40. The summed E-state index contributed by atoms with van der Waals surface area (Å²) >= 11 is 3.42. The van der Waals surface area contributed by atoms with Crippen LogP contribution in [0.4, 0.5) is 11.4 Å². The number of hydrogen-bond acceptors (Lipinski definition) is 5. The normalized spacial score (nSPS) is 29.1. The van der Waals surface area contributed by atoms with E-state index in [0.29, 0.717) is 23.3 Å². The number of halogens is 1. The predicted molar refractivity (Wildman–Crippen MR) is 119 cm³/mol. The number of anilines is 2. The number of amides is 3. The maximum absolute atomic E-state index is 13.8. The maximum Gasteiger partial charge on any atom is 0.252 e. The largest absolute Gasteiger partial charge is 0.495 e. The molecule has 0 saturated carbocycles. The smallest absolute Gasteiger partial charge is 0.252 e. The van der Waals surface area contributed by atoms with E-state index < -0.39 is 17.4 Å².